The van der Waals surface area contributed by atoms with Crippen LogP contribution in [0.2, 0.25) is 5.02 Å². The predicted molar refractivity (Wildman–Crippen MR) is 153 cm³/mol. The van der Waals surface area contributed by atoms with Crippen molar-refractivity contribution in [3.8, 4) is 18.9 Å². The SMILES string of the molecule is C#C.C/C(CC=O)=N/N(c1ccc(C#N)c(Cl)c1)C(C)C.C/C=C(\C)F.C=CC(=C)NC(C)=O.CC. The van der Waals surface area contributed by atoms with Crippen LogP contribution in [-0.2, 0) is 9.59 Å². The number of nitrogens with zero attached hydrogens (tertiary/aromatic N) is 3. The van der Waals surface area contributed by atoms with E-state index < -0.39 is 0 Å². The maximum absolute atomic E-state index is 11.3. The largest absolute Gasteiger partial charge is 0.327 e. The number of benzene rings is 1. The zero-order valence-corrected chi connectivity index (χ0v) is 23.5. The monoisotopic (exact) mass is 518 g/mol. The minimum Gasteiger partial charge on any atom is -0.327 e. The Morgan fingerprint density at radius 1 is 1.31 bits per heavy atom. The number of nitrogens with one attached hydrogen (secondary N) is 1. The van der Waals surface area contributed by atoms with Gasteiger partial charge in [0.15, 0.2) is 0 Å². The van der Waals surface area contributed by atoms with E-state index in [1.54, 1.807) is 37.1 Å². The summed E-state index contributed by atoms with van der Waals surface area (Å²) in [5.41, 5.74) is 2.49. The van der Waals surface area contributed by atoms with Crippen LogP contribution < -0.4 is 10.3 Å². The van der Waals surface area contributed by atoms with Gasteiger partial charge in [0, 0.05) is 30.8 Å². The van der Waals surface area contributed by atoms with Crippen LogP contribution in [0.3, 0.4) is 0 Å². The molecule has 1 rings (SSSR count). The maximum atomic E-state index is 11.3. The zero-order valence-electron chi connectivity index (χ0n) is 22.7. The molecule has 1 N–H and O–H groups in total. The van der Waals surface area contributed by atoms with Crippen molar-refractivity contribution in [2.45, 2.75) is 67.9 Å². The number of carbonyl (C=O) groups excluding carboxylic acids is 2. The predicted octanol–water partition coefficient (Wildman–Crippen LogP) is 7.37. The van der Waals surface area contributed by atoms with Crippen LogP contribution in [0.5, 0.6) is 0 Å². The average Bonchev–Trinajstić information content (AvgIpc) is 2.85. The lowest BCUT2D eigenvalue weighted by atomic mass is 10.2. The number of anilines is 1. The summed E-state index contributed by atoms with van der Waals surface area (Å²) >= 11 is 6.02. The Morgan fingerprint density at radius 2 is 1.81 bits per heavy atom. The molecular formula is C28H40ClFN4O2. The highest BCUT2D eigenvalue weighted by Crippen LogP contribution is 2.25. The van der Waals surface area contributed by atoms with E-state index in [1.165, 1.54) is 26.0 Å². The number of halogens is 2. The van der Waals surface area contributed by atoms with Crippen LogP contribution in [0.4, 0.5) is 10.1 Å². The number of hydrazone groups is 1. The Bertz CT molecular complexity index is 925. The second-order valence-electron chi connectivity index (χ2n) is 6.71. The Morgan fingerprint density at radius 3 is 2.08 bits per heavy atom. The number of amides is 1. The summed E-state index contributed by atoms with van der Waals surface area (Å²) < 4.78 is 11.3. The number of nitriles is 1. The van der Waals surface area contributed by atoms with Crippen LogP contribution >= 0.6 is 11.6 Å². The molecule has 0 saturated heterocycles. The second kappa shape index (κ2) is 25.9. The number of hydrogen-bond acceptors (Lipinski definition) is 5. The standard InChI is InChI=1S/C14H16ClN3O.C6H9NO.C4H7F.C2H6.C2H2/c1-10(2)18(17-11(3)6-7-19)13-5-4-12(9-16)14(15)8-13;1-4-5(2)7-6(3)8;1-3-4(2)5;2*1-2/h4-5,7-8,10H,6H2,1-3H3;4H,1-2H2,3H3,(H,7,8);3H,1-2H3;1-2H3;1-2H/b17-11-;;4-3+;;. The van der Waals surface area contributed by atoms with Crippen molar-refractivity contribution in [3.05, 3.63) is 65.6 Å². The van der Waals surface area contributed by atoms with Gasteiger partial charge in [-0.15, -0.1) is 12.8 Å². The van der Waals surface area contributed by atoms with Gasteiger partial charge in [-0.05, 0) is 58.9 Å². The molecule has 1 aromatic rings. The second-order valence-corrected chi connectivity index (χ2v) is 7.11. The van der Waals surface area contributed by atoms with E-state index in [0.29, 0.717) is 22.7 Å². The molecule has 0 saturated carbocycles. The Balaban J connectivity index is -0.000000249. The highest BCUT2D eigenvalue weighted by molar-refractivity contribution is 6.32. The van der Waals surface area contributed by atoms with Crippen LogP contribution in [0.1, 0.15) is 67.4 Å². The van der Waals surface area contributed by atoms with E-state index in [0.717, 1.165) is 17.7 Å². The molecule has 0 bridgehead atoms. The van der Waals surface area contributed by atoms with Crippen molar-refractivity contribution in [2.24, 2.45) is 5.10 Å². The van der Waals surface area contributed by atoms with Gasteiger partial charge in [-0.3, -0.25) is 9.80 Å². The fourth-order valence-electron chi connectivity index (χ4n) is 1.83. The first-order valence-corrected chi connectivity index (χ1v) is 11.5. The summed E-state index contributed by atoms with van der Waals surface area (Å²) in [6, 6.07) is 7.30. The molecule has 0 radical (unpaired) electrons. The minimum atomic E-state index is -0.120. The summed E-state index contributed by atoms with van der Waals surface area (Å²) in [4.78, 5) is 20.7. The van der Waals surface area contributed by atoms with E-state index in [4.69, 9.17) is 16.9 Å². The Kier molecular flexibility index (Phi) is 28.5. The van der Waals surface area contributed by atoms with Gasteiger partial charge in [0.25, 0.3) is 0 Å². The van der Waals surface area contributed by atoms with Crippen LogP contribution in [-0.4, -0.2) is 23.9 Å². The number of hydrogen-bond donors (Lipinski definition) is 1. The van der Waals surface area contributed by atoms with E-state index in [1.807, 2.05) is 33.8 Å². The molecule has 1 aromatic carbocycles. The summed E-state index contributed by atoms with van der Waals surface area (Å²) in [7, 11) is 0. The van der Waals surface area contributed by atoms with Gasteiger partial charge in [-0.25, -0.2) is 4.39 Å². The molecule has 0 aliphatic carbocycles. The molecule has 0 aromatic heterocycles. The van der Waals surface area contributed by atoms with Crippen molar-refractivity contribution >= 4 is 35.2 Å². The molecular weight excluding hydrogens is 479 g/mol. The van der Waals surface area contributed by atoms with E-state index in [2.05, 4.69) is 36.4 Å². The normalized spacial score (nSPS) is 9.56. The quantitative estimate of drug-likeness (QED) is 0.134. The summed E-state index contributed by atoms with van der Waals surface area (Å²) in [5, 5.41) is 17.9. The minimum absolute atomic E-state index is 0.116. The number of terminal acetylenes is 1. The summed E-state index contributed by atoms with van der Waals surface area (Å²) in [6.07, 6.45) is 12.0. The number of rotatable bonds is 7. The van der Waals surface area contributed by atoms with Crippen molar-refractivity contribution in [1.29, 1.82) is 5.26 Å². The first-order valence-electron chi connectivity index (χ1n) is 11.1. The molecule has 8 heteroatoms. The fourth-order valence-corrected chi connectivity index (χ4v) is 2.05. The third-order valence-corrected chi connectivity index (χ3v) is 3.78. The van der Waals surface area contributed by atoms with Gasteiger partial charge in [0.2, 0.25) is 5.91 Å². The van der Waals surface area contributed by atoms with Gasteiger partial charge in [-0.1, -0.05) is 44.7 Å². The van der Waals surface area contributed by atoms with Gasteiger partial charge < -0.3 is 10.1 Å². The van der Waals surface area contributed by atoms with E-state index in [-0.39, 0.29) is 17.8 Å². The highest BCUT2D eigenvalue weighted by Gasteiger charge is 2.12. The van der Waals surface area contributed by atoms with Crippen molar-refractivity contribution in [3.63, 3.8) is 0 Å². The van der Waals surface area contributed by atoms with E-state index >= 15 is 0 Å². The molecule has 0 spiro atoms. The molecule has 1 amide bonds. The zero-order chi connectivity index (χ0) is 29.3. The molecule has 0 heterocycles. The number of aldehydes is 1. The third kappa shape index (κ3) is 22.1. The molecule has 0 unspecified atom stereocenters. The van der Waals surface area contributed by atoms with Crippen molar-refractivity contribution in [2.75, 3.05) is 5.01 Å². The van der Waals surface area contributed by atoms with E-state index in [9.17, 15) is 14.0 Å². The summed E-state index contributed by atoms with van der Waals surface area (Å²) in [6.45, 7) is 21.1. The van der Waals surface area contributed by atoms with Crippen molar-refractivity contribution in [1.82, 2.24) is 5.32 Å². The molecule has 0 atom stereocenters. The van der Waals surface area contributed by atoms with Gasteiger partial charge >= 0.3 is 0 Å². The molecule has 6 nitrogen and oxygen atoms in total. The Labute approximate surface area is 222 Å². The lowest BCUT2D eigenvalue weighted by Crippen LogP contribution is -2.26. The lowest BCUT2D eigenvalue weighted by molar-refractivity contribution is -0.118. The van der Waals surface area contributed by atoms with Crippen LogP contribution in [0.15, 0.2) is 60.1 Å². The molecule has 0 aliphatic rings. The number of allylic oxidation sites excluding steroid dienone is 3. The van der Waals surface area contributed by atoms with Gasteiger partial charge in [-0.2, -0.15) is 10.4 Å². The van der Waals surface area contributed by atoms with Crippen LogP contribution in [0.25, 0.3) is 0 Å². The van der Waals surface area contributed by atoms with Crippen LogP contribution in [0, 0.1) is 24.2 Å². The Hall–Kier alpha value is -3.68. The molecule has 0 fully saturated rings. The smallest absolute Gasteiger partial charge is 0.221 e. The maximum Gasteiger partial charge on any atom is 0.221 e. The molecule has 36 heavy (non-hydrogen) atoms. The number of carbonyl (C=O) groups is 2. The third-order valence-electron chi connectivity index (χ3n) is 3.46. The van der Waals surface area contributed by atoms with Crippen molar-refractivity contribution < 1.29 is 14.0 Å². The average molecular weight is 519 g/mol. The summed E-state index contributed by atoms with van der Waals surface area (Å²) in [5.74, 6) is -0.236. The highest BCUT2D eigenvalue weighted by atomic mass is 35.5. The molecule has 0 aliphatic heterocycles. The van der Waals surface area contributed by atoms with Gasteiger partial charge in [0.05, 0.1) is 22.1 Å². The topological polar surface area (TPSA) is 85.6 Å². The fraction of sp³-hybridized carbons (Fsp3) is 0.357. The van der Waals surface area contributed by atoms with Gasteiger partial charge in [0.1, 0.15) is 12.4 Å². The first-order chi connectivity index (χ1) is 16.9. The lowest BCUT2D eigenvalue weighted by Gasteiger charge is -2.24. The first kappa shape index (κ1) is 39.5. The molecule has 198 valence electrons.